The van der Waals surface area contributed by atoms with Gasteiger partial charge in [0.2, 0.25) is 0 Å². The maximum Gasteiger partial charge on any atom is 0.162 e. The fourth-order valence-corrected chi connectivity index (χ4v) is 2.67. The minimum absolute atomic E-state index is 0.0000623. The highest BCUT2D eigenvalue weighted by Gasteiger charge is 2.16. The SMILES string of the molecule is OC(Cc1cccc(F)c1F)c1cc(Cl)ccc1I. The van der Waals surface area contributed by atoms with Crippen molar-refractivity contribution in [3.63, 3.8) is 0 Å². The van der Waals surface area contributed by atoms with E-state index in [4.69, 9.17) is 11.6 Å². The van der Waals surface area contributed by atoms with Gasteiger partial charge in [-0.3, -0.25) is 0 Å². The summed E-state index contributed by atoms with van der Waals surface area (Å²) in [5.41, 5.74) is 0.750. The van der Waals surface area contributed by atoms with E-state index in [2.05, 4.69) is 22.6 Å². The molecule has 0 bridgehead atoms. The molecule has 1 unspecified atom stereocenters. The molecular weight excluding hydrogens is 385 g/mol. The lowest BCUT2D eigenvalue weighted by atomic mass is 10.0. The van der Waals surface area contributed by atoms with Gasteiger partial charge in [0, 0.05) is 15.0 Å². The van der Waals surface area contributed by atoms with Gasteiger partial charge in [0.15, 0.2) is 11.6 Å². The van der Waals surface area contributed by atoms with E-state index in [1.807, 2.05) is 0 Å². The number of aliphatic hydroxyl groups excluding tert-OH is 1. The third-order valence-corrected chi connectivity index (χ3v) is 3.98. The Kier molecular flexibility index (Phi) is 4.76. The first-order valence-electron chi connectivity index (χ1n) is 5.55. The van der Waals surface area contributed by atoms with Crippen LogP contribution in [0.4, 0.5) is 8.78 Å². The van der Waals surface area contributed by atoms with Crippen LogP contribution in [-0.2, 0) is 6.42 Å². The van der Waals surface area contributed by atoms with Crippen LogP contribution in [0.5, 0.6) is 0 Å². The second kappa shape index (κ2) is 6.15. The number of aliphatic hydroxyl groups is 1. The monoisotopic (exact) mass is 394 g/mol. The van der Waals surface area contributed by atoms with E-state index in [1.54, 1.807) is 18.2 Å². The first-order chi connectivity index (χ1) is 8.99. The molecule has 100 valence electrons. The van der Waals surface area contributed by atoms with E-state index in [-0.39, 0.29) is 12.0 Å². The molecule has 0 radical (unpaired) electrons. The molecule has 2 rings (SSSR count). The van der Waals surface area contributed by atoms with Crippen LogP contribution < -0.4 is 0 Å². The molecule has 0 aromatic heterocycles. The Balaban J connectivity index is 2.28. The predicted molar refractivity (Wildman–Crippen MR) is 79.2 cm³/mol. The first-order valence-corrected chi connectivity index (χ1v) is 7.00. The molecule has 0 fully saturated rings. The fraction of sp³-hybridized carbons (Fsp3) is 0.143. The maximum absolute atomic E-state index is 13.5. The van der Waals surface area contributed by atoms with Crippen LogP contribution in [0.2, 0.25) is 5.02 Å². The Morgan fingerprint density at radius 1 is 1.21 bits per heavy atom. The van der Waals surface area contributed by atoms with Gasteiger partial charge in [-0.25, -0.2) is 8.78 Å². The minimum Gasteiger partial charge on any atom is -0.388 e. The van der Waals surface area contributed by atoms with Crippen LogP contribution in [0.1, 0.15) is 17.2 Å². The van der Waals surface area contributed by atoms with Gasteiger partial charge in [-0.2, -0.15) is 0 Å². The number of hydrogen-bond acceptors (Lipinski definition) is 1. The lowest BCUT2D eigenvalue weighted by Gasteiger charge is -2.14. The van der Waals surface area contributed by atoms with Crippen molar-refractivity contribution in [3.8, 4) is 0 Å². The molecule has 0 aliphatic carbocycles. The van der Waals surface area contributed by atoms with Crippen LogP contribution >= 0.6 is 34.2 Å². The Morgan fingerprint density at radius 2 is 1.95 bits per heavy atom. The average molecular weight is 395 g/mol. The zero-order chi connectivity index (χ0) is 14.0. The van der Waals surface area contributed by atoms with Crippen molar-refractivity contribution in [2.24, 2.45) is 0 Å². The van der Waals surface area contributed by atoms with Crippen molar-refractivity contribution in [1.82, 2.24) is 0 Å². The summed E-state index contributed by atoms with van der Waals surface area (Å²) >= 11 is 7.94. The number of halogens is 4. The quantitative estimate of drug-likeness (QED) is 0.760. The zero-order valence-corrected chi connectivity index (χ0v) is 12.6. The summed E-state index contributed by atoms with van der Waals surface area (Å²) in [5.74, 6) is -1.83. The fourth-order valence-electron chi connectivity index (χ4n) is 1.79. The second-order valence-electron chi connectivity index (χ2n) is 4.10. The summed E-state index contributed by atoms with van der Waals surface area (Å²) in [7, 11) is 0. The topological polar surface area (TPSA) is 20.2 Å². The van der Waals surface area contributed by atoms with Gasteiger partial charge in [-0.1, -0.05) is 23.7 Å². The van der Waals surface area contributed by atoms with Crippen LogP contribution in [0.3, 0.4) is 0 Å². The Bertz CT molecular complexity index is 604. The van der Waals surface area contributed by atoms with Crippen LogP contribution in [0, 0.1) is 15.2 Å². The van der Waals surface area contributed by atoms with Crippen LogP contribution in [0.15, 0.2) is 36.4 Å². The molecule has 0 aliphatic heterocycles. The van der Waals surface area contributed by atoms with Crippen LogP contribution in [0.25, 0.3) is 0 Å². The van der Waals surface area contributed by atoms with Gasteiger partial charge in [-0.05, 0) is 58.0 Å². The van der Waals surface area contributed by atoms with Crippen molar-refractivity contribution < 1.29 is 13.9 Å². The Labute approximate surface area is 128 Å². The highest BCUT2D eigenvalue weighted by molar-refractivity contribution is 14.1. The van der Waals surface area contributed by atoms with Crippen molar-refractivity contribution in [2.75, 3.05) is 0 Å². The summed E-state index contributed by atoms with van der Waals surface area (Å²) in [6.07, 6.45) is -0.929. The van der Waals surface area contributed by atoms with E-state index >= 15 is 0 Å². The van der Waals surface area contributed by atoms with Gasteiger partial charge in [0.1, 0.15) is 0 Å². The number of benzene rings is 2. The molecule has 0 aliphatic rings. The van der Waals surface area contributed by atoms with Crippen molar-refractivity contribution >= 4 is 34.2 Å². The summed E-state index contributed by atoms with van der Waals surface area (Å²) in [6.45, 7) is 0. The average Bonchev–Trinajstić information content (AvgIpc) is 2.38. The molecule has 1 N–H and O–H groups in total. The Hall–Kier alpha value is -0.720. The predicted octanol–water partition coefficient (Wildman–Crippen LogP) is 4.50. The summed E-state index contributed by atoms with van der Waals surface area (Å²) in [5, 5.41) is 10.6. The third kappa shape index (κ3) is 3.43. The normalized spacial score (nSPS) is 12.5. The molecule has 0 amide bonds. The first kappa shape index (κ1) is 14.7. The van der Waals surface area contributed by atoms with Crippen molar-refractivity contribution in [2.45, 2.75) is 12.5 Å². The van der Waals surface area contributed by atoms with Gasteiger partial charge in [-0.15, -0.1) is 0 Å². The summed E-state index contributed by atoms with van der Waals surface area (Å²) in [6, 6.07) is 9.04. The van der Waals surface area contributed by atoms with Gasteiger partial charge in [0.25, 0.3) is 0 Å². The maximum atomic E-state index is 13.5. The molecule has 0 saturated carbocycles. The van der Waals surface area contributed by atoms with Crippen LogP contribution in [-0.4, -0.2) is 5.11 Å². The van der Waals surface area contributed by atoms with E-state index < -0.39 is 17.7 Å². The standard InChI is InChI=1S/C14H10ClF2IO/c15-9-4-5-12(18)10(7-9)13(19)6-8-2-1-3-11(16)14(8)17/h1-5,7,13,19H,6H2. The summed E-state index contributed by atoms with van der Waals surface area (Å²) < 4.78 is 27.5. The molecule has 5 heteroatoms. The molecule has 1 atom stereocenters. The highest BCUT2D eigenvalue weighted by Crippen LogP contribution is 2.27. The smallest absolute Gasteiger partial charge is 0.162 e. The van der Waals surface area contributed by atoms with Gasteiger partial charge >= 0.3 is 0 Å². The third-order valence-electron chi connectivity index (χ3n) is 2.76. The molecule has 0 heterocycles. The van der Waals surface area contributed by atoms with Crippen molar-refractivity contribution in [3.05, 3.63) is 67.8 Å². The molecule has 2 aromatic rings. The lowest BCUT2D eigenvalue weighted by molar-refractivity contribution is 0.176. The Morgan fingerprint density at radius 3 is 2.68 bits per heavy atom. The second-order valence-corrected chi connectivity index (χ2v) is 5.70. The van der Waals surface area contributed by atoms with Gasteiger partial charge in [0.05, 0.1) is 6.10 Å². The molecule has 1 nitrogen and oxygen atoms in total. The molecule has 0 spiro atoms. The minimum atomic E-state index is -0.929. The highest BCUT2D eigenvalue weighted by atomic mass is 127. The number of hydrogen-bond donors (Lipinski definition) is 1. The lowest BCUT2D eigenvalue weighted by Crippen LogP contribution is -2.06. The van der Waals surface area contributed by atoms with E-state index in [9.17, 15) is 13.9 Å². The largest absolute Gasteiger partial charge is 0.388 e. The van der Waals surface area contributed by atoms with E-state index in [0.29, 0.717) is 10.6 Å². The van der Waals surface area contributed by atoms with E-state index in [1.165, 1.54) is 12.1 Å². The van der Waals surface area contributed by atoms with Gasteiger partial charge < -0.3 is 5.11 Å². The van der Waals surface area contributed by atoms with Crippen molar-refractivity contribution in [1.29, 1.82) is 0 Å². The number of rotatable bonds is 3. The molecule has 2 aromatic carbocycles. The zero-order valence-electron chi connectivity index (χ0n) is 9.71. The molecule has 0 saturated heterocycles. The van der Waals surface area contributed by atoms with E-state index in [0.717, 1.165) is 9.64 Å². The summed E-state index contributed by atoms with van der Waals surface area (Å²) in [4.78, 5) is 0. The molecular formula is C14H10ClF2IO. The molecule has 19 heavy (non-hydrogen) atoms.